The average molecular weight is 304 g/mol. The highest BCUT2D eigenvalue weighted by Gasteiger charge is 2.22. The third-order valence-corrected chi connectivity index (χ3v) is 3.24. The number of aliphatic carboxylic acids is 1. The second kappa shape index (κ2) is 11.4. The van der Waals surface area contributed by atoms with Gasteiger partial charge < -0.3 is 32.4 Å². The number of ether oxygens (including phenoxy) is 1. The topological polar surface area (TPSA) is 154 Å². The third-order valence-electron chi connectivity index (χ3n) is 3.24. The van der Waals surface area contributed by atoms with Gasteiger partial charge in [-0.3, -0.25) is 9.59 Å². The lowest BCUT2D eigenvalue weighted by Crippen LogP contribution is -2.40. The fraction of sp³-hybridized carbons (Fsp3) is 0.846. The zero-order valence-electron chi connectivity index (χ0n) is 12.6. The molecule has 0 fully saturated rings. The molecule has 0 aliphatic heterocycles. The number of carbonyl (C=O) groups excluding carboxylic acids is 1. The van der Waals surface area contributed by atoms with Crippen LogP contribution in [0, 0.1) is 0 Å². The van der Waals surface area contributed by atoms with E-state index in [9.17, 15) is 9.59 Å². The summed E-state index contributed by atoms with van der Waals surface area (Å²) in [4.78, 5) is 22.6. The number of hydrogen-bond donors (Lipinski definition) is 5. The lowest BCUT2D eigenvalue weighted by atomic mass is 10.1. The molecule has 0 aromatic carbocycles. The van der Waals surface area contributed by atoms with Crippen LogP contribution in [0.1, 0.15) is 32.1 Å². The van der Waals surface area contributed by atoms with E-state index in [1.54, 1.807) is 7.05 Å². The fourth-order valence-corrected chi connectivity index (χ4v) is 1.83. The molecule has 0 saturated carbocycles. The second-order valence-corrected chi connectivity index (χ2v) is 4.94. The number of nitrogens with two attached hydrogens (primary N) is 3. The van der Waals surface area contributed by atoms with Crippen molar-refractivity contribution in [2.75, 3.05) is 20.1 Å². The summed E-state index contributed by atoms with van der Waals surface area (Å²) in [5.74, 6) is -1.46. The summed E-state index contributed by atoms with van der Waals surface area (Å²) in [6.45, 7) is 0.724. The molecule has 8 N–H and O–H groups in total. The highest BCUT2D eigenvalue weighted by Crippen LogP contribution is 2.08. The van der Waals surface area contributed by atoms with Crippen molar-refractivity contribution in [2.24, 2.45) is 17.2 Å². The van der Waals surface area contributed by atoms with Crippen molar-refractivity contribution in [2.45, 2.75) is 50.3 Å². The maximum Gasteiger partial charge on any atom is 0.323 e. The zero-order valence-corrected chi connectivity index (χ0v) is 12.6. The van der Waals surface area contributed by atoms with Crippen molar-refractivity contribution in [1.29, 1.82) is 0 Å². The Kier molecular flexibility index (Phi) is 10.8. The first-order valence-corrected chi connectivity index (χ1v) is 7.22. The summed E-state index contributed by atoms with van der Waals surface area (Å²) < 4.78 is 5.31. The van der Waals surface area contributed by atoms with Gasteiger partial charge in [0, 0.05) is 6.54 Å². The number of carbonyl (C=O) groups is 2. The quantitative estimate of drug-likeness (QED) is 0.222. The van der Waals surface area contributed by atoms with Gasteiger partial charge in [-0.2, -0.15) is 0 Å². The van der Waals surface area contributed by atoms with Gasteiger partial charge in [0.15, 0.2) is 0 Å². The van der Waals surface area contributed by atoms with Crippen LogP contribution in [0.15, 0.2) is 0 Å². The lowest BCUT2D eigenvalue weighted by Gasteiger charge is -2.21. The molecule has 0 heterocycles. The first-order chi connectivity index (χ1) is 9.96. The number of carboxylic acid groups (broad SMARTS) is 1. The molecule has 1 unspecified atom stereocenters. The minimum atomic E-state index is -1.08. The average Bonchev–Trinajstić information content (AvgIpc) is 2.47. The number of nitrogens with one attached hydrogen (secondary N) is 1. The first kappa shape index (κ1) is 19.8. The number of unbranched alkanes of at least 4 members (excludes halogenated alkanes) is 1. The van der Waals surface area contributed by atoms with Crippen molar-refractivity contribution in [3.05, 3.63) is 0 Å². The lowest BCUT2D eigenvalue weighted by molar-refractivity contribution is -0.151. The van der Waals surface area contributed by atoms with Crippen molar-refractivity contribution in [1.82, 2.24) is 5.32 Å². The van der Waals surface area contributed by atoms with Crippen LogP contribution in [0.4, 0.5) is 0 Å². The van der Waals surface area contributed by atoms with Crippen LogP contribution in [-0.2, 0) is 14.3 Å². The van der Waals surface area contributed by atoms with E-state index in [4.69, 9.17) is 27.0 Å². The van der Waals surface area contributed by atoms with Crippen LogP contribution >= 0.6 is 0 Å². The Hall–Kier alpha value is -1.22. The Morgan fingerprint density at radius 2 is 1.86 bits per heavy atom. The predicted octanol–water partition coefficient (Wildman–Crippen LogP) is -1.23. The molecule has 3 atom stereocenters. The van der Waals surface area contributed by atoms with Gasteiger partial charge in [0.1, 0.15) is 18.2 Å². The Bertz CT molecular complexity index is 315. The molecular formula is C13H28N4O4. The van der Waals surface area contributed by atoms with Crippen LogP contribution in [0.2, 0.25) is 0 Å². The van der Waals surface area contributed by atoms with Gasteiger partial charge >= 0.3 is 11.9 Å². The van der Waals surface area contributed by atoms with Gasteiger partial charge in [0.2, 0.25) is 0 Å². The van der Waals surface area contributed by atoms with Gasteiger partial charge in [-0.1, -0.05) is 6.42 Å². The van der Waals surface area contributed by atoms with Crippen LogP contribution < -0.4 is 22.5 Å². The predicted molar refractivity (Wildman–Crippen MR) is 79.5 cm³/mol. The molecule has 0 saturated heterocycles. The molecule has 8 heteroatoms. The number of carboxylic acids is 1. The zero-order chi connectivity index (χ0) is 16.3. The SMILES string of the molecule is CN[C@@H](CCCCN)C(=O)OC(CN)CC[C@H](N)C(=O)O. The summed E-state index contributed by atoms with van der Waals surface area (Å²) in [6.07, 6.45) is 2.33. The van der Waals surface area contributed by atoms with Crippen molar-refractivity contribution in [3.63, 3.8) is 0 Å². The normalized spacial score (nSPS) is 15.2. The summed E-state index contributed by atoms with van der Waals surface area (Å²) in [5, 5.41) is 11.6. The Balaban J connectivity index is 4.24. The van der Waals surface area contributed by atoms with Crippen LogP contribution in [-0.4, -0.2) is 55.4 Å². The largest absolute Gasteiger partial charge is 0.480 e. The minimum Gasteiger partial charge on any atom is -0.480 e. The maximum atomic E-state index is 12.0. The standard InChI is InChI=1S/C13H28N4O4/c1-17-11(4-2-3-7-14)13(20)21-9(8-15)5-6-10(16)12(18)19/h9-11,17H,2-8,14-16H2,1H3,(H,18,19)/t9?,10-,11-/m0/s1. The minimum absolute atomic E-state index is 0.136. The van der Waals surface area contributed by atoms with E-state index in [0.29, 0.717) is 19.4 Å². The van der Waals surface area contributed by atoms with Gasteiger partial charge in [-0.15, -0.1) is 0 Å². The van der Waals surface area contributed by atoms with Gasteiger partial charge in [-0.25, -0.2) is 0 Å². The van der Waals surface area contributed by atoms with Crippen molar-refractivity contribution < 1.29 is 19.4 Å². The van der Waals surface area contributed by atoms with Gasteiger partial charge in [0.05, 0.1) is 0 Å². The van der Waals surface area contributed by atoms with E-state index < -0.39 is 24.2 Å². The van der Waals surface area contributed by atoms with E-state index in [0.717, 1.165) is 12.8 Å². The second-order valence-electron chi connectivity index (χ2n) is 4.94. The summed E-state index contributed by atoms with van der Waals surface area (Å²) in [6, 6.07) is -1.37. The van der Waals surface area contributed by atoms with Gasteiger partial charge in [0.25, 0.3) is 0 Å². The van der Waals surface area contributed by atoms with Gasteiger partial charge in [-0.05, 0) is 39.3 Å². The van der Waals surface area contributed by atoms with Crippen LogP contribution in [0.3, 0.4) is 0 Å². The third kappa shape index (κ3) is 8.61. The molecule has 8 nitrogen and oxygen atoms in total. The molecule has 21 heavy (non-hydrogen) atoms. The van der Waals surface area contributed by atoms with E-state index in [1.807, 2.05) is 0 Å². The Labute approximate surface area is 125 Å². The number of likely N-dealkylation sites (N-methyl/N-ethyl adjacent to an activating group) is 1. The maximum absolute atomic E-state index is 12.0. The van der Waals surface area contributed by atoms with Crippen LogP contribution in [0.25, 0.3) is 0 Å². The Morgan fingerprint density at radius 1 is 1.19 bits per heavy atom. The number of hydrogen-bond acceptors (Lipinski definition) is 7. The smallest absolute Gasteiger partial charge is 0.323 e. The summed E-state index contributed by atoms with van der Waals surface area (Å²) in [7, 11) is 1.69. The molecule has 0 bridgehead atoms. The highest BCUT2D eigenvalue weighted by molar-refractivity contribution is 5.76. The summed E-state index contributed by atoms with van der Waals surface area (Å²) in [5.41, 5.74) is 16.4. The first-order valence-electron chi connectivity index (χ1n) is 7.22. The summed E-state index contributed by atoms with van der Waals surface area (Å²) >= 11 is 0. The molecule has 124 valence electrons. The molecule has 0 rings (SSSR count). The Morgan fingerprint density at radius 3 is 2.33 bits per heavy atom. The van der Waals surface area contributed by atoms with Crippen molar-refractivity contribution >= 4 is 11.9 Å². The number of esters is 1. The number of rotatable bonds is 12. The monoisotopic (exact) mass is 304 g/mol. The molecule has 0 spiro atoms. The molecule has 0 aliphatic carbocycles. The molecule has 0 aromatic heterocycles. The molecular weight excluding hydrogens is 276 g/mol. The van der Waals surface area contributed by atoms with E-state index in [2.05, 4.69) is 5.32 Å². The van der Waals surface area contributed by atoms with Crippen LogP contribution in [0.5, 0.6) is 0 Å². The molecule has 0 radical (unpaired) electrons. The van der Waals surface area contributed by atoms with E-state index in [-0.39, 0.29) is 18.9 Å². The van der Waals surface area contributed by atoms with E-state index >= 15 is 0 Å². The molecule has 0 aromatic rings. The van der Waals surface area contributed by atoms with E-state index in [1.165, 1.54) is 0 Å². The highest BCUT2D eigenvalue weighted by atomic mass is 16.5. The van der Waals surface area contributed by atoms with Crippen molar-refractivity contribution in [3.8, 4) is 0 Å². The molecule has 0 amide bonds. The fourth-order valence-electron chi connectivity index (χ4n) is 1.83. The molecule has 0 aliphatic rings.